The molecule has 138 valence electrons. The van der Waals surface area contributed by atoms with Gasteiger partial charge in [-0.25, -0.2) is 17.8 Å². The quantitative estimate of drug-likeness (QED) is 0.661. The number of halogens is 2. The molecule has 6 nitrogen and oxygen atoms in total. The van der Waals surface area contributed by atoms with Gasteiger partial charge in [0.15, 0.2) is 0 Å². The van der Waals surface area contributed by atoms with E-state index in [2.05, 4.69) is 4.98 Å². The van der Waals surface area contributed by atoms with Gasteiger partial charge >= 0.3 is 0 Å². The monoisotopic (exact) mass is 389 g/mol. The number of benzene rings is 1. The Morgan fingerprint density at radius 3 is 2.80 bits per heavy atom. The molecule has 0 atom stereocenters. The molecule has 9 heteroatoms. The Hall–Kier alpha value is -1.48. The molecule has 2 rings (SSSR count). The lowest BCUT2D eigenvalue weighted by atomic mass is 10.2. The van der Waals surface area contributed by atoms with Crippen molar-refractivity contribution in [3.05, 3.63) is 52.8 Å². The zero-order valence-corrected chi connectivity index (χ0v) is 15.7. The van der Waals surface area contributed by atoms with Gasteiger partial charge in [0.2, 0.25) is 10.0 Å². The van der Waals surface area contributed by atoms with Gasteiger partial charge in [-0.05, 0) is 19.1 Å². The van der Waals surface area contributed by atoms with Crippen molar-refractivity contribution in [3.8, 4) is 0 Å². The molecule has 0 bridgehead atoms. The smallest absolute Gasteiger partial charge is 0.214 e. The van der Waals surface area contributed by atoms with Crippen LogP contribution in [0.3, 0.4) is 0 Å². The number of rotatable bonds is 9. The molecule has 0 N–H and O–H groups in total. The summed E-state index contributed by atoms with van der Waals surface area (Å²) in [5.74, 6) is 0.0772. The fourth-order valence-corrected chi connectivity index (χ4v) is 3.59. The number of hydrogen-bond acceptors (Lipinski definition) is 4. The number of methoxy groups -OCH3 is 1. The minimum absolute atomic E-state index is 0.0173. The molecule has 0 aliphatic heterocycles. The number of sulfonamides is 1. The number of imidazole rings is 1. The van der Waals surface area contributed by atoms with Crippen LogP contribution >= 0.6 is 11.6 Å². The van der Waals surface area contributed by atoms with E-state index in [0.29, 0.717) is 16.4 Å². The second kappa shape index (κ2) is 8.75. The van der Waals surface area contributed by atoms with Gasteiger partial charge in [-0.15, -0.1) is 0 Å². The van der Waals surface area contributed by atoms with Crippen LogP contribution < -0.4 is 0 Å². The average Bonchev–Trinajstić information content (AvgIpc) is 3.01. The minimum Gasteiger partial charge on any atom is -0.383 e. The molecule has 0 fully saturated rings. The highest BCUT2D eigenvalue weighted by molar-refractivity contribution is 7.89. The Morgan fingerprint density at radius 1 is 1.40 bits per heavy atom. The summed E-state index contributed by atoms with van der Waals surface area (Å²) < 4.78 is 46.5. The lowest BCUT2D eigenvalue weighted by Crippen LogP contribution is -2.35. The second-order valence-electron chi connectivity index (χ2n) is 5.40. The second-order valence-corrected chi connectivity index (χ2v) is 8.06. The maximum absolute atomic E-state index is 14.0. The highest BCUT2D eigenvalue weighted by Gasteiger charge is 2.22. The summed E-state index contributed by atoms with van der Waals surface area (Å²) in [5.41, 5.74) is 0.338. The molecule has 0 radical (unpaired) electrons. The Kier molecular flexibility index (Phi) is 6.95. The first-order valence-electron chi connectivity index (χ1n) is 7.78. The van der Waals surface area contributed by atoms with E-state index in [1.165, 1.54) is 23.5 Å². The average molecular weight is 390 g/mol. The van der Waals surface area contributed by atoms with Gasteiger partial charge in [0.1, 0.15) is 11.6 Å². The fraction of sp³-hybridized carbons (Fsp3) is 0.438. The Bertz CT molecular complexity index is 790. The Labute approximate surface area is 152 Å². The van der Waals surface area contributed by atoms with E-state index in [0.717, 1.165) is 0 Å². The van der Waals surface area contributed by atoms with E-state index >= 15 is 0 Å². The standard InChI is InChI=1S/C16H21ClFN3O3S/c1-3-25(22,23)21(9-10-24-2)12-16-19-7-8-20(16)11-13-14(17)5-4-6-15(13)18/h4-8H,3,9-12H2,1-2H3. The van der Waals surface area contributed by atoms with Gasteiger partial charge in [0.25, 0.3) is 0 Å². The maximum Gasteiger partial charge on any atom is 0.214 e. The summed E-state index contributed by atoms with van der Waals surface area (Å²) in [6.07, 6.45) is 3.22. The molecule has 0 saturated carbocycles. The van der Waals surface area contributed by atoms with Crippen molar-refractivity contribution < 1.29 is 17.5 Å². The molecule has 25 heavy (non-hydrogen) atoms. The summed E-state index contributed by atoms with van der Waals surface area (Å²) >= 11 is 6.07. The van der Waals surface area contributed by atoms with Gasteiger partial charge in [0, 0.05) is 36.6 Å². The van der Waals surface area contributed by atoms with E-state index in [-0.39, 0.29) is 32.0 Å². The summed E-state index contributed by atoms with van der Waals surface area (Å²) in [4.78, 5) is 4.22. The van der Waals surface area contributed by atoms with Crippen LogP contribution in [-0.2, 0) is 27.8 Å². The summed E-state index contributed by atoms with van der Waals surface area (Å²) in [6, 6.07) is 4.49. The van der Waals surface area contributed by atoms with Crippen molar-refractivity contribution >= 4 is 21.6 Å². The van der Waals surface area contributed by atoms with Crippen LogP contribution in [0.1, 0.15) is 18.3 Å². The number of nitrogens with zero attached hydrogens (tertiary/aromatic N) is 3. The van der Waals surface area contributed by atoms with Crippen LogP contribution in [0.25, 0.3) is 0 Å². The molecular weight excluding hydrogens is 369 g/mol. The lowest BCUT2D eigenvalue weighted by Gasteiger charge is -2.21. The molecule has 0 spiro atoms. The normalized spacial score (nSPS) is 12.0. The third kappa shape index (κ3) is 5.01. The van der Waals surface area contributed by atoms with Crippen LogP contribution in [0.15, 0.2) is 30.6 Å². The van der Waals surface area contributed by atoms with E-state index in [9.17, 15) is 12.8 Å². The van der Waals surface area contributed by atoms with Crippen molar-refractivity contribution in [2.75, 3.05) is 26.0 Å². The molecule has 0 aliphatic carbocycles. The van der Waals surface area contributed by atoms with Crippen molar-refractivity contribution in [2.45, 2.75) is 20.0 Å². The lowest BCUT2D eigenvalue weighted by molar-refractivity contribution is 0.176. The van der Waals surface area contributed by atoms with Gasteiger partial charge in [0.05, 0.1) is 25.4 Å². The molecule has 1 aromatic heterocycles. The number of ether oxygens (including phenoxy) is 1. The molecule has 0 amide bonds. The molecule has 0 saturated heterocycles. The first-order valence-corrected chi connectivity index (χ1v) is 9.77. The summed E-state index contributed by atoms with van der Waals surface area (Å²) in [6.45, 7) is 2.34. The molecule has 1 heterocycles. The molecule has 1 aromatic carbocycles. The van der Waals surface area contributed by atoms with Gasteiger partial charge < -0.3 is 9.30 Å². The fourth-order valence-electron chi connectivity index (χ4n) is 2.34. The zero-order valence-electron chi connectivity index (χ0n) is 14.2. The van der Waals surface area contributed by atoms with E-state index < -0.39 is 15.8 Å². The predicted molar refractivity (Wildman–Crippen MR) is 94.5 cm³/mol. The maximum atomic E-state index is 14.0. The SMILES string of the molecule is CCS(=O)(=O)N(CCOC)Cc1nccn1Cc1c(F)cccc1Cl. The summed E-state index contributed by atoms with van der Waals surface area (Å²) in [7, 11) is -1.90. The third-order valence-electron chi connectivity index (χ3n) is 3.81. The van der Waals surface area contributed by atoms with Crippen molar-refractivity contribution in [3.63, 3.8) is 0 Å². The Morgan fingerprint density at radius 2 is 2.16 bits per heavy atom. The van der Waals surface area contributed by atoms with Crippen LogP contribution in [0.4, 0.5) is 4.39 Å². The van der Waals surface area contributed by atoms with Crippen molar-refractivity contribution in [2.24, 2.45) is 0 Å². The minimum atomic E-state index is -3.41. The molecule has 0 aliphatic rings. The van der Waals surface area contributed by atoms with Crippen LogP contribution in [0, 0.1) is 5.82 Å². The van der Waals surface area contributed by atoms with E-state index in [4.69, 9.17) is 16.3 Å². The molecular formula is C16H21ClFN3O3S. The summed E-state index contributed by atoms with van der Waals surface area (Å²) in [5, 5.41) is 0.317. The third-order valence-corrected chi connectivity index (χ3v) is 5.99. The Balaban J connectivity index is 2.25. The van der Waals surface area contributed by atoms with E-state index in [1.54, 1.807) is 30.0 Å². The van der Waals surface area contributed by atoms with Crippen LogP contribution in [-0.4, -0.2) is 48.3 Å². The molecule has 0 unspecified atom stereocenters. The highest BCUT2D eigenvalue weighted by atomic mass is 35.5. The first kappa shape index (κ1) is 19.8. The zero-order chi connectivity index (χ0) is 18.4. The molecule has 2 aromatic rings. The predicted octanol–water partition coefficient (Wildman–Crippen LogP) is 2.52. The highest BCUT2D eigenvalue weighted by Crippen LogP contribution is 2.21. The largest absolute Gasteiger partial charge is 0.383 e. The van der Waals surface area contributed by atoms with E-state index in [1.807, 2.05) is 0 Å². The van der Waals surface area contributed by atoms with Crippen molar-refractivity contribution in [1.29, 1.82) is 0 Å². The number of hydrogen-bond donors (Lipinski definition) is 0. The number of aromatic nitrogens is 2. The van der Waals surface area contributed by atoms with Gasteiger partial charge in [-0.2, -0.15) is 4.31 Å². The van der Waals surface area contributed by atoms with Crippen LogP contribution in [0.5, 0.6) is 0 Å². The van der Waals surface area contributed by atoms with Crippen LogP contribution in [0.2, 0.25) is 5.02 Å². The van der Waals surface area contributed by atoms with Crippen molar-refractivity contribution in [1.82, 2.24) is 13.9 Å². The van der Waals surface area contributed by atoms with Gasteiger partial charge in [-0.1, -0.05) is 17.7 Å². The first-order chi connectivity index (χ1) is 11.9. The van der Waals surface area contributed by atoms with Gasteiger partial charge in [-0.3, -0.25) is 0 Å². The topological polar surface area (TPSA) is 64.4 Å².